The van der Waals surface area contributed by atoms with Gasteiger partial charge in [-0.25, -0.2) is 4.79 Å². The summed E-state index contributed by atoms with van der Waals surface area (Å²) in [7, 11) is 1.87. The molecule has 1 aromatic carbocycles. The van der Waals surface area contributed by atoms with Crippen LogP contribution in [0.1, 0.15) is 24.3 Å². The van der Waals surface area contributed by atoms with Crippen molar-refractivity contribution in [3.63, 3.8) is 0 Å². The molecule has 7 nitrogen and oxygen atoms in total. The lowest BCUT2D eigenvalue weighted by atomic mass is 9.90. The zero-order chi connectivity index (χ0) is 16.7. The smallest absolute Gasteiger partial charge is 0.317 e. The maximum absolute atomic E-state index is 12.1. The highest BCUT2D eigenvalue weighted by atomic mass is 16.2. The van der Waals surface area contributed by atoms with Crippen LogP contribution >= 0.6 is 0 Å². The minimum Gasteiger partial charge on any atom is -0.317 e. The number of nitrogens with zero attached hydrogens (tertiary/aromatic N) is 3. The van der Waals surface area contributed by atoms with Crippen molar-refractivity contribution in [2.24, 2.45) is 7.05 Å². The Bertz CT molecular complexity index is 1010. The van der Waals surface area contributed by atoms with Crippen molar-refractivity contribution in [1.82, 2.24) is 24.6 Å². The second-order valence-corrected chi connectivity index (χ2v) is 6.23. The second kappa shape index (κ2) is 5.76. The zero-order valence-corrected chi connectivity index (χ0v) is 13.5. The largest absolute Gasteiger partial charge is 0.334 e. The number of hydrogen-bond donors (Lipinski definition) is 2. The molecule has 0 amide bonds. The number of aromatic nitrogens is 4. The fraction of sp³-hybridized carbons (Fsp3) is 0.353. The summed E-state index contributed by atoms with van der Waals surface area (Å²) in [6, 6.07) is 7.64. The van der Waals surface area contributed by atoms with Crippen molar-refractivity contribution < 1.29 is 0 Å². The average molecular weight is 325 g/mol. The molecule has 4 rings (SSSR count). The number of H-pyrrole nitrogens is 1. The average Bonchev–Trinajstić information content (AvgIpc) is 2.92. The molecule has 0 radical (unpaired) electrons. The van der Waals surface area contributed by atoms with Crippen LogP contribution in [0.4, 0.5) is 0 Å². The number of hydrogen-bond acceptors (Lipinski definition) is 4. The molecule has 1 fully saturated rings. The Morgan fingerprint density at radius 2 is 1.96 bits per heavy atom. The van der Waals surface area contributed by atoms with Crippen LogP contribution in [-0.4, -0.2) is 32.4 Å². The van der Waals surface area contributed by atoms with Crippen LogP contribution in [0.3, 0.4) is 0 Å². The molecule has 0 bridgehead atoms. The van der Waals surface area contributed by atoms with Gasteiger partial charge in [0.15, 0.2) is 5.82 Å². The van der Waals surface area contributed by atoms with E-state index in [1.54, 1.807) is 4.68 Å². The molecule has 1 saturated heterocycles. The monoisotopic (exact) mass is 325 g/mol. The van der Waals surface area contributed by atoms with Crippen molar-refractivity contribution in [3.05, 3.63) is 56.9 Å². The third kappa shape index (κ3) is 2.46. The van der Waals surface area contributed by atoms with Crippen molar-refractivity contribution in [3.8, 4) is 5.82 Å². The van der Waals surface area contributed by atoms with Crippen LogP contribution in [-0.2, 0) is 7.05 Å². The Hall–Kier alpha value is -2.67. The molecule has 2 N–H and O–H groups in total. The number of rotatable bonds is 2. The SMILES string of the molecule is Cn1nc(-n2ccc(=O)[nH]c2=O)c2ccc(C3CCNCC3)cc21. The highest BCUT2D eigenvalue weighted by molar-refractivity contribution is 5.87. The van der Waals surface area contributed by atoms with Crippen LogP contribution in [0, 0.1) is 0 Å². The third-order valence-electron chi connectivity index (χ3n) is 4.72. The van der Waals surface area contributed by atoms with Gasteiger partial charge in [0, 0.05) is 24.7 Å². The van der Waals surface area contributed by atoms with E-state index in [1.165, 1.54) is 22.4 Å². The summed E-state index contributed by atoms with van der Waals surface area (Å²) in [5, 5.41) is 8.76. The summed E-state index contributed by atoms with van der Waals surface area (Å²) >= 11 is 0. The van der Waals surface area contributed by atoms with Gasteiger partial charge >= 0.3 is 5.69 Å². The van der Waals surface area contributed by atoms with E-state index in [9.17, 15) is 9.59 Å². The van der Waals surface area contributed by atoms with E-state index in [1.807, 2.05) is 13.1 Å². The zero-order valence-electron chi connectivity index (χ0n) is 13.5. The Morgan fingerprint density at radius 3 is 2.71 bits per heavy atom. The second-order valence-electron chi connectivity index (χ2n) is 6.23. The molecule has 3 aromatic rings. The molecule has 3 heterocycles. The van der Waals surface area contributed by atoms with Crippen LogP contribution in [0.5, 0.6) is 0 Å². The standard InChI is InChI=1S/C17H19N5O2/c1-21-14-10-12(11-4-7-18-8-5-11)2-3-13(14)16(20-21)22-9-6-15(23)19-17(22)24/h2-3,6,9-11,18H,4-5,7-8H2,1H3,(H,19,23,24). The Morgan fingerprint density at radius 1 is 1.17 bits per heavy atom. The lowest BCUT2D eigenvalue weighted by molar-refractivity contribution is 0.460. The van der Waals surface area contributed by atoms with Crippen molar-refractivity contribution in [1.29, 1.82) is 0 Å². The molecular formula is C17H19N5O2. The number of nitrogens with one attached hydrogen (secondary N) is 2. The van der Waals surface area contributed by atoms with Gasteiger partial charge in [0.25, 0.3) is 5.56 Å². The van der Waals surface area contributed by atoms with Crippen LogP contribution in [0.2, 0.25) is 0 Å². The predicted octanol–water partition coefficient (Wildman–Crippen LogP) is 0.879. The van der Waals surface area contributed by atoms with Gasteiger partial charge in [0.05, 0.1) is 5.52 Å². The first-order chi connectivity index (χ1) is 11.6. The van der Waals surface area contributed by atoms with Gasteiger partial charge in [-0.15, -0.1) is 0 Å². The maximum Gasteiger partial charge on any atom is 0.334 e. The molecule has 0 spiro atoms. The highest BCUT2D eigenvalue weighted by Crippen LogP contribution is 2.29. The van der Waals surface area contributed by atoms with E-state index >= 15 is 0 Å². The van der Waals surface area contributed by atoms with E-state index in [0.29, 0.717) is 11.7 Å². The molecule has 124 valence electrons. The van der Waals surface area contributed by atoms with E-state index < -0.39 is 11.2 Å². The normalized spacial score (nSPS) is 15.9. The van der Waals surface area contributed by atoms with Gasteiger partial charge in [-0.2, -0.15) is 5.10 Å². The molecule has 0 aliphatic carbocycles. The number of aryl methyl sites for hydroxylation is 1. The van der Waals surface area contributed by atoms with Gasteiger partial charge in [0.1, 0.15) is 0 Å². The lowest BCUT2D eigenvalue weighted by Crippen LogP contribution is -2.27. The van der Waals surface area contributed by atoms with Gasteiger partial charge < -0.3 is 5.32 Å². The number of benzene rings is 1. The molecule has 24 heavy (non-hydrogen) atoms. The number of fused-ring (bicyclic) bond motifs is 1. The Labute approximate surface area is 137 Å². The summed E-state index contributed by atoms with van der Waals surface area (Å²) < 4.78 is 3.15. The minimum atomic E-state index is -0.482. The Kier molecular flexibility index (Phi) is 3.57. The maximum atomic E-state index is 12.1. The van der Waals surface area contributed by atoms with E-state index in [4.69, 9.17) is 0 Å². The molecular weight excluding hydrogens is 306 g/mol. The minimum absolute atomic E-state index is 0.412. The summed E-state index contributed by atoms with van der Waals surface area (Å²) in [4.78, 5) is 25.6. The Balaban J connectivity index is 1.84. The molecule has 7 heteroatoms. The molecule has 1 aliphatic heterocycles. The fourth-order valence-electron chi connectivity index (χ4n) is 3.43. The predicted molar refractivity (Wildman–Crippen MR) is 91.8 cm³/mol. The molecule has 0 atom stereocenters. The summed E-state index contributed by atoms with van der Waals surface area (Å²) in [6.45, 7) is 2.10. The van der Waals surface area contributed by atoms with Crippen molar-refractivity contribution in [2.45, 2.75) is 18.8 Å². The quantitative estimate of drug-likeness (QED) is 0.732. The van der Waals surface area contributed by atoms with E-state index in [0.717, 1.165) is 36.8 Å². The summed E-state index contributed by atoms with van der Waals surface area (Å²) in [5.74, 6) is 1.09. The molecule has 0 unspecified atom stereocenters. The third-order valence-corrected chi connectivity index (χ3v) is 4.72. The molecule has 0 saturated carbocycles. The van der Waals surface area contributed by atoms with Gasteiger partial charge in [-0.3, -0.25) is 19.0 Å². The van der Waals surface area contributed by atoms with Gasteiger partial charge in [-0.05, 0) is 49.5 Å². The summed E-state index contributed by atoms with van der Waals surface area (Å²) in [5.41, 5.74) is 1.40. The fourth-order valence-corrected chi connectivity index (χ4v) is 3.43. The van der Waals surface area contributed by atoms with Crippen LogP contribution in [0.25, 0.3) is 16.7 Å². The first-order valence-corrected chi connectivity index (χ1v) is 8.13. The van der Waals surface area contributed by atoms with E-state index in [-0.39, 0.29) is 0 Å². The topological polar surface area (TPSA) is 84.7 Å². The number of aromatic amines is 1. The first kappa shape index (κ1) is 14.9. The van der Waals surface area contributed by atoms with Gasteiger partial charge in [0.2, 0.25) is 0 Å². The van der Waals surface area contributed by atoms with E-state index in [2.05, 4.69) is 27.5 Å². The summed E-state index contributed by atoms with van der Waals surface area (Å²) in [6.07, 6.45) is 3.73. The van der Waals surface area contributed by atoms with Crippen molar-refractivity contribution in [2.75, 3.05) is 13.1 Å². The first-order valence-electron chi connectivity index (χ1n) is 8.13. The highest BCUT2D eigenvalue weighted by Gasteiger charge is 2.18. The molecule has 1 aliphatic rings. The number of piperidine rings is 1. The lowest BCUT2D eigenvalue weighted by Gasteiger charge is -2.23. The van der Waals surface area contributed by atoms with Crippen LogP contribution < -0.4 is 16.6 Å². The van der Waals surface area contributed by atoms with Crippen molar-refractivity contribution >= 4 is 10.9 Å². The van der Waals surface area contributed by atoms with Crippen LogP contribution in [0.15, 0.2) is 40.1 Å². The van der Waals surface area contributed by atoms with Gasteiger partial charge in [-0.1, -0.05) is 6.07 Å². The molecule has 2 aromatic heterocycles.